The van der Waals surface area contributed by atoms with Gasteiger partial charge in [-0.05, 0) is 36.8 Å². The van der Waals surface area contributed by atoms with Crippen molar-refractivity contribution in [3.05, 3.63) is 37.1 Å². The van der Waals surface area contributed by atoms with Crippen molar-refractivity contribution in [2.75, 3.05) is 18.4 Å². The second-order valence-corrected chi connectivity index (χ2v) is 8.40. The Hall–Kier alpha value is -3.49. The third kappa shape index (κ3) is 2.80. The van der Waals surface area contributed by atoms with Crippen molar-refractivity contribution in [3.8, 4) is 11.1 Å². The monoisotopic (exact) mass is 402 g/mol. The van der Waals surface area contributed by atoms with Crippen molar-refractivity contribution in [1.29, 1.82) is 0 Å². The molecule has 0 aromatic carbocycles. The predicted molar refractivity (Wildman–Crippen MR) is 112 cm³/mol. The number of carbonyl (C=O) groups is 1. The molecule has 1 saturated carbocycles. The van der Waals surface area contributed by atoms with E-state index in [0.29, 0.717) is 23.8 Å². The smallest absolute Gasteiger partial charge is 0.224 e. The Labute approximate surface area is 172 Å². The molecule has 6 rings (SSSR count). The van der Waals surface area contributed by atoms with Gasteiger partial charge in [0, 0.05) is 61.2 Å². The number of aromatic nitrogens is 6. The lowest BCUT2D eigenvalue weighted by molar-refractivity contribution is -0.128. The molecule has 1 aliphatic heterocycles. The van der Waals surface area contributed by atoms with Crippen molar-refractivity contribution in [1.82, 2.24) is 34.4 Å². The number of carbonyl (C=O) groups excluding carboxylic acids is 1. The molecule has 4 aromatic rings. The molecule has 9 heteroatoms. The summed E-state index contributed by atoms with van der Waals surface area (Å²) in [6, 6.07) is 4.33. The molecule has 1 aliphatic carbocycles. The summed E-state index contributed by atoms with van der Waals surface area (Å²) in [4.78, 5) is 30.3. The van der Waals surface area contributed by atoms with Crippen LogP contribution < -0.4 is 5.32 Å². The van der Waals surface area contributed by atoms with Crippen LogP contribution in [0.4, 0.5) is 5.95 Å². The molecule has 2 N–H and O–H groups in total. The number of fused-ring (bicyclic) bond motifs is 3. The van der Waals surface area contributed by atoms with Gasteiger partial charge in [-0.3, -0.25) is 4.79 Å². The van der Waals surface area contributed by atoms with E-state index in [9.17, 15) is 4.79 Å². The zero-order valence-corrected chi connectivity index (χ0v) is 16.6. The normalized spacial score (nSPS) is 23.4. The quantitative estimate of drug-likeness (QED) is 0.545. The highest BCUT2D eigenvalue weighted by atomic mass is 16.2. The fourth-order valence-electron chi connectivity index (χ4n) is 5.05. The number of hydrogen-bond acceptors (Lipinski definition) is 6. The minimum Gasteiger partial charge on any atom is -0.351 e. The Morgan fingerprint density at radius 2 is 2.03 bits per heavy atom. The zero-order chi connectivity index (χ0) is 20.2. The van der Waals surface area contributed by atoms with Gasteiger partial charge in [0.05, 0.1) is 0 Å². The number of pyridine rings is 1. The summed E-state index contributed by atoms with van der Waals surface area (Å²) in [5.74, 6) is 2.00. The number of H-pyrrole nitrogens is 1. The Morgan fingerprint density at radius 1 is 1.20 bits per heavy atom. The third-order valence-corrected chi connectivity index (χ3v) is 6.55. The van der Waals surface area contributed by atoms with Crippen LogP contribution in [0.5, 0.6) is 0 Å². The van der Waals surface area contributed by atoms with Crippen molar-refractivity contribution < 1.29 is 4.79 Å². The second kappa shape index (κ2) is 6.51. The maximum atomic E-state index is 11.6. The molecule has 4 aromatic heterocycles. The average molecular weight is 402 g/mol. The van der Waals surface area contributed by atoms with E-state index in [-0.39, 0.29) is 5.91 Å². The summed E-state index contributed by atoms with van der Waals surface area (Å²) in [6.45, 7) is 3.43. The Kier molecular flexibility index (Phi) is 3.77. The van der Waals surface area contributed by atoms with Crippen LogP contribution in [0.25, 0.3) is 27.8 Å². The van der Waals surface area contributed by atoms with Crippen LogP contribution in [0.1, 0.15) is 19.8 Å². The first kappa shape index (κ1) is 17.4. The van der Waals surface area contributed by atoms with Gasteiger partial charge in [0.2, 0.25) is 11.9 Å². The van der Waals surface area contributed by atoms with Crippen molar-refractivity contribution in [2.45, 2.75) is 25.8 Å². The molecule has 30 heavy (non-hydrogen) atoms. The van der Waals surface area contributed by atoms with E-state index in [2.05, 4.69) is 25.4 Å². The SMILES string of the molecule is CC(=O)N1C[C@H]2C[C@@H](Nc3ncc4c(-c5ccc6ncnn6c5)c[nH]c4n3)C[C@H]2C1. The lowest BCUT2D eigenvalue weighted by Gasteiger charge is -2.18. The molecule has 0 unspecified atom stereocenters. The number of rotatable bonds is 3. The van der Waals surface area contributed by atoms with Gasteiger partial charge in [0.15, 0.2) is 5.65 Å². The van der Waals surface area contributed by atoms with E-state index in [0.717, 1.165) is 53.7 Å². The van der Waals surface area contributed by atoms with E-state index in [1.165, 1.54) is 0 Å². The first-order valence-electron chi connectivity index (χ1n) is 10.3. The number of likely N-dealkylation sites (tertiary alicyclic amines) is 1. The van der Waals surface area contributed by atoms with E-state index in [1.807, 2.05) is 35.6 Å². The molecule has 9 nitrogen and oxygen atoms in total. The minimum absolute atomic E-state index is 0.188. The Bertz CT molecular complexity index is 1250. The average Bonchev–Trinajstić information content (AvgIpc) is 3.49. The maximum Gasteiger partial charge on any atom is 0.224 e. The topological polar surface area (TPSA) is 104 Å². The molecule has 0 radical (unpaired) electrons. The summed E-state index contributed by atoms with van der Waals surface area (Å²) in [6.07, 6.45) is 9.45. The molecule has 0 spiro atoms. The highest BCUT2D eigenvalue weighted by Gasteiger charge is 2.41. The van der Waals surface area contributed by atoms with Gasteiger partial charge in [0.25, 0.3) is 0 Å². The maximum absolute atomic E-state index is 11.6. The molecule has 2 fully saturated rings. The molecular formula is C21H22N8O. The van der Waals surface area contributed by atoms with Crippen molar-refractivity contribution >= 4 is 28.5 Å². The minimum atomic E-state index is 0.188. The molecule has 152 valence electrons. The molecule has 0 bridgehead atoms. The fourth-order valence-corrected chi connectivity index (χ4v) is 5.05. The van der Waals surface area contributed by atoms with E-state index in [1.54, 1.807) is 17.8 Å². The zero-order valence-electron chi connectivity index (χ0n) is 16.6. The van der Waals surface area contributed by atoms with Crippen LogP contribution in [0.3, 0.4) is 0 Å². The van der Waals surface area contributed by atoms with Crippen LogP contribution in [-0.2, 0) is 4.79 Å². The number of nitrogens with one attached hydrogen (secondary N) is 2. The molecule has 3 atom stereocenters. The highest BCUT2D eigenvalue weighted by molar-refractivity contribution is 5.93. The largest absolute Gasteiger partial charge is 0.351 e. The van der Waals surface area contributed by atoms with Crippen LogP contribution in [0, 0.1) is 11.8 Å². The van der Waals surface area contributed by atoms with Crippen molar-refractivity contribution in [2.24, 2.45) is 11.8 Å². The molecular weight excluding hydrogens is 380 g/mol. The summed E-state index contributed by atoms with van der Waals surface area (Å²) in [5, 5.41) is 8.69. The van der Waals surface area contributed by atoms with Gasteiger partial charge in [-0.2, -0.15) is 10.1 Å². The van der Waals surface area contributed by atoms with Gasteiger partial charge >= 0.3 is 0 Å². The molecule has 2 aliphatic rings. The summed E-state index contributed by atoms with van der Waals surface area (Å²) < 4.78 is 1.76. The summed E-state index contributed by atoms with van der Waals surface area (Å²) >= 11 is 0. The summed E-state index contributed by atoms with van der Waals surface area (Å²) in [7, 11) is 0. The first-order chi connectivity index (χ1) is 14.6. The number of hydrogen-bond donors (Lipinski definition) is 2. The van der Waals surface area contributed by atoms with E-state index >= 15 is 0 Å². The first-order valence-corrected chi connectivity index (χ1v) is 10.3. The number of anilines is 1. The van der Waals surface area contributed by atoms with Gasteiger partial charge in [-0.25, -0.2) is 14.5 Å². The number of amides is 1. The molecule has 1 saturated heterocycles. The van der Waals surface area contributed by atoms with E-state index in [4.69, 9.17) is 4.98 Å². The fraction of sp³-hybridized carbons (Fsp3) is 0.381. The highest BCUT2D eigenvalue weighted by Crippen LogP contribution is 2.39. The number of aromatic amines is 1. The predicted octanol–water partition coefficient (Wildman–Crippen LogP) is 2.34. The van der Waals surface area contributed by atoms with Gasteiger partial charge in [0.1, 0.15) is 12.0 Å². The standard InChI is InChI=1S/C21H22N8O/c1-12(30)28-8-14-4-16(5-15(14)9-28)26-21-23-7-18-17(6-22-20(18)27-21)13-2-3-19-24-11-25-29(19)10-13/h2-3,6-7,10-11,14-16H,4-5,8-9H2,1H3,(H2,22,23,26,27)/t14-,15+,16-. The second-order valence-electron chi connectivity index (χ2n) is 8.40. The van der Waals surface area contributed by atoms with Crippen LogP contribution in [0.15, 0.2) is 37.1 Å². The number of nitrogens with zero attached hydrogens (tertiary/aromatic N) is 6. The Morgan fingerprint density at radius 3 is 2.83 bits per heavy atom. The van der Waals surface area contributed by atoms with Crippen LogP contribution in [-0.4, -0.2) is 59.5 Å². The van der Waals surface area contributed by atoms with Crippen LogP contribution >= 0.6 is 0 Å². The lowest BCUT2D eigenvalue weighted by Crippen LogP contribution is -2.29. The van der Waals surface area contributed by atoms with Crippen LogP contribution in [0.2, 0.25) is 0 Å². The van der Waals surface area contributed by atoms with Gasteiger partial charge in [-0.1, -0.05) is 0 Å². The summed E-state index contributed by atoms with van der Waals surface area (Å²) in [5.41, 5.74) is 3.69. The van der Waals surface area contributed by atoms with Gasteiger partial charge in [-0.15, -0.1) is 0 Å². The van der Waals surface area contributed by atoms with Crippen molar-refractivity contribution in [3.63, 3.8) is 0 Å². The van der Waals surface area contributed by atoms with E-state index < -0.39 is 0 Å². The molecule has 1 amide bonds. The van der Waals surface area contributed by atoms with Gasteiger partial charge < -0.3 is 15.2 Å². The lowest BCUT2D eigenvalue weighted by atomic mass is 10.0. The Balaban J connectivity index is 1.21. The molecule has 5 heterocycles. The third-order valence-electron chi connectivity index (χ3n) is 6.55.